The molecule has 3 heterocycles. The first-order valence-electron chi connectivity index (χ1n) is 9.01. The maximum absolute atomic E-state index is 12.5. The van der Waals surface area contributed by atoms with E-state index in [1.807, 2.05) is 34.8 Å². The molecule has 0 amide bonds. The molecule has 0 saturated carbocycles. The maximum atomic E-state index is 12.5. The third kappa shape index (κ3) is 3.75. The fourth-order valence-corrected chi connectivity index (χ4v) is 3.27. The molecular weight excluding hydrogens is 328 g/mol. The molecule has 1 aliphatic rings. The minimum atomic E-state index is 0.207. The lowest BCUT2D eigenvalue weighted by Crippen LogP contribution is -2.37. The number of morpholine rings is 1. The summed E-state index contributed by atoms with van der Waals surface area (Å²) in [5.74, 6) is 1.19. The number of carbonyl (C=O) groups is 1. The van der Waals surface area contributed by atoms with Crippen LogP contribution in [0.15, 0.2) is 48.7 Å². The molecule has 6 nitrogen and oxygen atoms in total. The van der Waals surface area contributed by atoms with Crippen LogP contribution in [0.4, 0.5) is 5.82 Å². The van der Waals surface area contributed by atoms with Crippen LogP contribution in [0, 0.1) is 0 Å². The summed E-state index contributed by atoms with van der Waals surface area (Å²) in [6, 6.07) is 14.0. The van der Waals surface area contributed by atoms with Crippen molar-refractivity contribution in [3.8, 4) is 0 Å². The van der Waals surface area contributed by atoms with Crippen molar-refractivity contribution in [2.24, 2.45) is 0 Å². The molecule has 1 fully saturated rings. The highest BCUT2D eigenvalue weighted by Crippen LogP contribution is 2.19. The van der Waals surface area contributed by atoms with E-state index in [0.717, 1.165) is 36.7 Å². The molecule has 1 aliphatic heterocycles. The molecule has 26 heavy (non-hydrogen) atoms. The SMILES string of the molecule is O=C(CCc1ccccc1)Cc1cc(N2CCOCC2)n2nccc2n1. The van der Waals surface area contributed by atoms with Gasteiger partial charge < -0.3 is 9.64 Å². The van der Waals surface area contributed by atoms with E-state index in [9.17, 15) is 4.79 Å². The van der Waals surface area contributed by atoms with E-state index >= 15 is 0 Å². The van der Waals surface area contributed by atoms with Gasteiger partial charge in [0.05, 0.1) is 25.1 Å². The molecule has 0 unspecified atom stereocenters. The van der Waals surface area contributed by atoms with Crippen molar-refractivity contribution in [2.45, 2.75) is 19.3 Å². The molecule has 0 radical (unpaired) electrons. The summed E-state index contributed by atoms with van der Waals surface area (Å²) in [6.45, 7) is 3.05. The van der Waals surface area contributed by atoms with Crippen molar-refractivity contribution < 1.29 is 9.53 Å². The second kappa shape index (κ2) is 7.66. The summed E-state index contributed by atoms with van der Waals surface area (Å²) in [5.41, 5.74) is 2.77. The molecule has 2 aromatic heterocycles. The summed E-state index contributed by atoms with van der Waals surface area (Å²) in [5, 5.41) is 4.38. The number of ether oxygens (including phenoxy) is 1. The van der Waals surface area contributed by atoms with E-state index in [2.05, 4.69) is 27.1 Å². The van der Waals surface area contributed by atoms with Gasteiger partial charge in [-0.3, -0.25) is 4.79 Å². The van der Waals surface area contributed by atoms with Gasteiger partial charge in [0.25, 0.3) is 0 Å². The Morgan fingerprint density at radius 2 is 1.92 bits per heavy atom. The summed E-state index contributed by atoms with van der Waals surface area (Å²) >= 11 is 0. The minimum Gasteiger partial charge on any atom is -0.378 e. The minimum absolute atomic E-state index is 0.207. The number of aromatic nitrogens is 3. The van der Waals surface area contributed by atoms with Crippen LogP contribution in [0.2, 0.25) is 0 Å². The first-order chi connectivity index (χ1) is 12.8. The molecule has 0 aliphatic carbocycles. The van der Waals surface area contributed by atoms with E-state index in [-0.39, 0.29) is 5.78 Å². The van der Waals surface area contributed by atoms with Gasteiger partial charge in [-0.15, -0.1) is 0 Å². The summed E-state index contributed by atoms with van der Waals surface area (Å²) in [7, 11) is 0. The molecule has 0 atom stereocenters. The third-order valence-electron chi connectivity index (χ3n) is 4.64. The van der Waals surface area contributed by atoms with Crippen LogP contribution in [0.5, 0.6) is 0 Å². The summed E-state index contributed by atoms with van der Waals surface area (Å²) < 4.78 is 7.28. The average Bonchev–Trinajstić information content (AvgIpc) is 3.16. The monoisotopic (exact) mass is 350 g/mol. The molecule has 0 bridgehead atoms. The number of nitrogens with zero attached hydrogens (tertiary/aromatic N) is 4. The van der Waals surface area contributed by atoms with Gasteiger partial charge in [-0.2, -0.15) is 9.61 Å². The molecule has 4 rings (SSSR count). The van der Waals surface area contributed by atoms with Crippen LogP contribution >= 0.6 is 0 Å². The van der Waals surface area contributed by atoms with E-state index in [1.165, 1.54) is 5.56 Å². The predicted molar refractivity (Wildman–Crippen MR) is 99.5 cm³/mol. The summed E-state index contributed by atoms with van der Waals surface area (Å²) in [6.07, 6.45) is 3.40. The van der Waals surface area contributed by atoms with Gasteiger partial charge in [-0.1, -0.05) is 30.3 Å². The Balaban J connectivity index is 1.50. The Hall–Kier alpha value is -2.73. The number of anilines is 1. The number of rotatable bonds is 6. The second-order valence-corrected chi connectivity index (χ2v) is 6.51. The van der Waals surface area contributed by atoms with Gasteiger partial charge in [0.1, 0.15) is 11.6 Å². The number of hydrogen-bond acceptors (Lipinski definition) is 5. The number of Topliss-reactive ketones (excluding diaryl/α,β-unsaturated/α-hetero) is 1. The van der Waals surface area contributed by atoms with Crippen molar-refractivity contribution in [2.75, 3.05) is 31.2 Å². The van der Waals surface area contributed by atoms with Crippen molar-refractivity contribution in [1.82, 2.24) is 14.6 Å². The number of ketones is 1. The van der Waals surface area contributed by atoms with E-state index in [0.29, 0.717) is 26.1 Å². The topological polar surface area (TPSA) is 59.7 Å². The van der Waals surface area contributed by atoms with Crippen molar-refractivity contribution in [1.29, 1.82) is 0 Å². The van der Waals surface area contributed by atoms with Gasteiger partial charge in [0, 0.05) is 38.1 Å². The van der Waals surface area contributed by atoms with E-state index in [4.69, 9.17) is 4.74 Å². The highest BCUT2D eigenvalue weighted by atomic mass is 16.5. The van der Waals surface area contributed by atoms with E-state index in [1.54, 1.807) is 6.20 Å². The molecule has 1 aromatic carbocycles. The predicted octanol–water partition coefficient (Wildman–Crippen LogP) is 2.31. The number of hydrogen-bond donors (Lipinski definition) is 0. The zero-order chi connectivity index (χ0) is 17.8. The Bertz CT molecular complexity index is 885. The Labute approximate surface area is 152 Å². The van der Waals surface area contributed by atoms with Gasteiger partial charge in [-0.25, -0.2) is 4.98 Å². The molecule has 6 heteroatoms. The largest absolute Gasteiger partial charge is 0.378 e. The number of fused-ring (bicyclic) bond motifs is 1. The highest BCUT2D eigenvalue weighted by Gasteiger charge is 2.17. The van der Waals surface area contributed by atoms with Crippen molar-refractivity contribution in [3.05, 3.63) is 59.9 Å². The first-order valence-corrected chi connectivity index (χ1v) is 9.01. The lowest BCUT2D eigenvalue weighted by Gasteiger charge is -2.29. The van der Waals surface area contributed by atoms with Crippen LogP contribution in [0.25, 0.3) is 5.65 Å². The molecule has 1 saturated heterocycles. The average molecular weight is 350 g/mol. The number of aryl methyl sites for hydroxylation is 1. The number of carbonyl (C=O) groups excluding carboxylic acids is 1. The fourth-order valence-electron chi connectivity index (χ4n) is 3.27. The maximum Gasteiger partial charge on any atom is 0.157 e. The summed E-state index contributed by atoms with van der Waals surface area (Å²) in [4.78, 5) is 19.3. The normalized spacial score (nSPS) is 14.7. The van der Waals surface area contributed by atoms with E-state index < -0.39 is 0 Å². The van der Waals surface area contributed by atoms with Crippen LogP contribution in [0.1, 0.15) is 17.7 Å². The third-order valence-corrected chi connectivity index (χ3v) is 4.64. The Kier molecular flexibility index (Phi) is 4.93. The highest BCUT2D eigenvalue weighted by molar-refractivity contribution is 5.81. The van der Waals surface area contributed by atoms with Crippen LogP contribution in [-0.4, -0.2) is 46.7 Å². The lowest BCUT2D eigenvalue weighted by atomic mass is 10.0. The van der Waals surface area contributed by atoms with Gasteiger partial charge >= 0.3 is 0 Å². The van der Waals surface area contributed by atoms with Crippen molar-refractivity contribution >= 4 is 17.2 Å². The Morgan fingerprint density at radius 1 is 1.12 bits per heavy atom. The quantitative estimate of drug-likeness (QED) is 0.683. The fraction of sp³-hybridized carbons (Fsp3) is 0.350. The van der Waals surface area contributed by atoms with Crippen LogP contribution in [-0.2, 0) is 22.4 Å². The standard InChI is InChI=1S/C20H22N4O2/c25-18(7-6-16-4-2-1-3-5-16)14-17-15-20(23-10-12-26-13-11-23)24-19(22-17)8-9-21-24/h1-5,8-9,15H,6-7,10-14H2. The van der Waals surface area contributed by atoms with Crippen LogP contribution in [0.3, 0.4) is 0 Å². The smallest absolute Gasteiger partial charge is 0.157 e. The molecule has 134 valence electrons. The zero-order valence-corrected chi connectivity index (χ0v) is 14.7. The van der Waals surface area contributed by atoms with Crippen molar-refractivity contribution in [3.63, 3.8) is 0 Å². The molecule has 3 aromatic rings. The van der Waals surface area contributed by atoms with Gasteiger partial charge in [0.2, 0.25) is 0 Å². The van der Waals surface area contributed by atoms with Gasteiger partial charge in [0.15, 0.2) is 5.65 Å². The molecule has 0 N–H and O–H groups in total. The molecule has 0 spiro atoms. The second-order valence-electron chi connectivity index (χ2n) is 6.51. The lowest BCUT2D eigenvalue weighted by molar-refractivity contribution is -0.118. The Morgan fingerprint density at radius 3 is 2.73 bits per heavy atom. The first kappa shape index (κ1) is 16.7. The zero-order valence-electron chi connectivity index (χ0n) is 14.7. The number of benzene rings is 1. The molecular formula is C20H22N4O2. The van der Waals surface area contributed by atoms with Crippen LogP contribution < -0.4 is 4.90 Å². The van der Waals surface area contributed by atoms with Gasteiger partial charge in [-0.05, 0) is 12.0 Å².